The van der Waals surface area contributed by atoms with Gasteiger partial charge in [-0.05, 0) is 18.2 Å². The van der Waals surface area contributed by atoms with Gasteiger partial charge in [0.2, 0.25) is 0 Å². The quantitative estimate of drug-likeness (QED) is 0.513. The summed E-state index contributed by atoms with van der Waals surface area (Å²) in [5.74, 6) is -0.944. The van der Waals surface area contributed by atoms with Gasteiger partial charge in [0, 0.05) is 10.0 Å². The number of halogens is 2. The van der Waals surface area contributed by atoms with Gasteiger partial charge in [-0.25, -0.2) is 12.8 Å². The summed E-state index contributed by atoms with van der Waals surface area (Å²) in [6.07, 6.45) is 0. The SMILES string of the molecule is O=S(=O)([O-])C(O)c1cc(Br)ccc1F.[Na+]. The summed E-state index contributed by atoms with van der Waals surface area (Å²) in [6.45, 7) is 0. The van der Waals surface area contributed by atoms with Crippen molar-refractivity contribution >= 4 is 26.0 Å². The number of hydrogen-bond acceptors (Lipinski definition) is 4. The molecule has 0 aliphatic rings. The molecule has 0 amide bonds. The molecule has 0 heterocycles. The molecule has 0 saturated carbocycles. The van der Waals surface area contributed by atoms with Crippen molar-refractivity contribution in [2.75, 3.05) is 0 Å². The van der Waals surface area contributed by atoms with E-state index in [1.807, 2.05) is 0 Å². The first kappa shape index (κ1) is 15.5. The zero-order valence-corrected chi connectivity index (χ0v) is 12.0. The van der Waals surface area contributed by atoms with Crippen LogP contribution in [0.2, 0.25) is 0 Å². The molecular weight excluding hydrogens is 302 g/mol. The van der Waals surface area contributed by atoms with E-state index in [9.17, 15) is 17.4 Å². The Kier molecular flexibility index (Phi) is 5.91. The normalized spacial score (nSPS) is 13.1. The van der Waals surface area contributed by atoms with Crippen LogP contribution in [0.5, 0.6) is 0 Å². The molecule has 0 aliphatic carbocycles. The molecular formula is C7H5BrFNaO4S. The molecule has 1 rings (SSSR count). The molecule has 0 fully saturated rings. The second kappa shape index (κ2) is 5.72. The topological polar surface area (TPSA) is 77.4 Å². The van der Waals surface area contributed by atoms with Crippen LogP contribution in [0.25, 0.3) is 0 Å². The maximum atomic E-state index is 13.0. The van der Waals surface area contributed by atoms with Crippen LogP contribution in [0, 0.1) is 5.82 Å². The van der Waals surface area contributed by atoms with Crippen molar-refractivity contribution in [3.05, 3.63) is 34.1 Å². The molecule has 15 heavy (non-hydrogen) atoms. The number of rotatable bonds is 2. The molecule has 0 saturated heterocycles. The predicted molar refractivity (Wildman–Crippen MR) is 48.8 cm³/mol. The van der Waals surface area contributed by atoms with Crippen molar-refractivity contribution in [1.29, 1.82) is 0 Å². The van der Waals surface area contributed by atoms with Crippen LogP contribution >= 0.6 is 15.9 Å². The van der Waals surface area contributed by atoms with E-state index in [0.717, 1.165) is 12.1 Å². The molecule has 0 radical (unpaired) electrons. The molecule has 8 heteroatoms. The maximum Gasteiger partial charge on any atom is 1.00 e. The zero-order valence-electron chi connectivity index (χ0n) is 7.65. The van der Waals surface area contributed by atoms with Gasteiger partial charge in [-0.15, -0.1) is 0 Å². The molecule has 4 nitrogen and oxygen atoms in total. The fourth-order valence-corrected chi connectivity index (χ4v) is 1.73. The van der Waals surface area contributed by atoms with Crippen molar-refractivity contribution < 1.29 is 52.0 Å². The van der Waals surface area contributed by atoms with E-state index in [1.54, 1.807) is 0 Å². The van der Waals surface area contributed by atoms with Gasteiger partial charge in [0.05, 0.1) is 0 Å². The predicted octanol–water partition coefficient (Wildman–Crippen LogP) is -1.87. The van der Waals surface area contributed by atoms with Crippen molar-refractivity contribution in [1.82, 2.24) is 0 Å². The molecule has 0 aromatic heterocycles. The van der Waals surface area contributed by atoms with Gasteiger partial charge in [0.25, 0.3) is 0 Å². The van der Waals surface area contributed by atoms with Crippen molar-refractivity contribution in [2.24, 2.45) is 0 Å². The maximum absolute atomic E-state index is 13.0. The fourth-order valence-electron chi connectivity index (χ4n) is 0.859. The van der Waals surface area contributed by atoms with E-state index in [2.05, 4.69) is 15.9 Å². The average Bonchev–Trinajstić information content (AvgIpc) is 2.06. The van der Waals surface area contributed by atoms with Gasteiger partial charge < -0.3 is 9.66 Å². The van der Waals surface area contributed by atoms with Gasteiger partial charge in [-0.1, -0.05) is 15.9 Å². The first-order chi connectivity index (χ1) is 6.32. The Balaban J connectivity index is 0.00000196. The number of hydrogen-bond donors (Lipinski definition) is 1. The summed E-state index contributed by atoms with van der Waals surface area (Å²) in [4.78, 5) is 0. The molecule has 0 spiro atoms. The minimum Gasteiger partial charge on any atom is -0.746 e. The molecule has 1 atom stereocenters. The van der Waals surface area contributed by atoms with Crippen LogP contribution in [0.4, 0.5) is 4.39 Å². The van der Waals surface area contributed by atoms with E-state index in [0.29, 0.717) is 4.47 Å². The van der Waals surface area contributed by atoms with E-state index in [1.165, 1.54) is 6.07 Å². The van der Waals surface area contributed by atoms with E-state index >= 15 is 0 Å². The molecule has 1 unspecified atom stereocenters. The third kappa shape index (κ3) is 4.10. The van der Waals surface area contributed by atoms with Gasteiger partial charge in [0.1, 0.15) is 15.9 Å². The molecule has 0 aliphatic heterocycles. The van der Waals surface area contributed by atoms with Gasteiger partial charge in [-0.2, -0.15) is 0 Å². The van der Waals surface area contributed by atoms with Crippen molar-refractivity contribution in [2.45, 2.75) is 5.44 Å². The Labute approximate surface area is 117 Å². The smallest absolute Gasteiger partial charge is 0.746 e. The van der Waals surface area contributed by atoms with Crippen LogP contribution in [0.3, 0.4) is 0 Å². The summed E-state index contributed by atoms with van der Waals surface area (Å²) in [5, 5.41) is 9.00. The summed E-state index contributed by atoms with van der Waals surface area (Å²) in [7, 11) is -4.95. The Bertz CT molecular complexity index is 450. The van der Waals surface area contributed by atoms with Crippen molar-refractivity contribution in [3.63, 3.8) is 0 Å². The average molecular weight is 307 g/mol. The number of aliphatic hydroxyl groups is 1. The van der Waals surface area contributed by atoms with E-state index < -0.39 is 26.9 Å². The Morgan fingerprint density at radius 2 is 2.00 bits per heavy atom. The minimum atomic E-state index is -4.95. The molecule has 0 bridgehead atoms. The monoisotopic (exact) mass is 306 g/mol. The van der Waals surface area contributed by atoms with Gasteiger partial charge >= 0.3 is 29.6 Å². The van der Waals surface area contributed by atoms with Gasteiger partial charge in [0.15, 0.2) is 5.44 Å². The largest absolute Gasteiger partial charge is 1.00 e. The first-order valence-electron chi connectivity index (χ1n) is 3.40. The Hall–Kier alpha value is 0.500. The van der Waals surface area contributed by atoms with E-state index in [4.69, 9.17) is 5.11 Å². The van der Waals surface area contributed by atoms with Crippen LogP contribution in [-0.2, 0) is 10.1 Å². The third-order valence-corrected chi connectivity index (χ3v) is 2.79. The molecule has 1 N–H and O–H groups in total. The van der Waals surface area contributed by atoms with Crippen molar-refractivity contribution in [3.8, 4) is 0 Å². The standard InChI is InChI=1S/C7H6BrFO4S.Na/c8-4-1-2-6(9)5(3-4)7(10)14(11,12)13;/h1-3,7,10H,(H,11,12,13);/q;+1/p-1. The second-order valence-electron chi connectivity index (χ2n) is 2.51. The van der Waals surface area contributed by atoms with Crippen LogP contribution in [-0.4, -0.2) is 18.1 Å². The summed E-state index contributed by atoms with van der Waals surface area (Å²) in [6, 6.07) is 3.31. The summed E-state index contributed by atoms with van der Waals surface area (Å²) >= 11 is 2.96. The fraction of sp³-hybridized carbons (Fsp3) is 0.143. The summed E-state index contributed by atoms with van der Waals surface area (Å²) in [5.41, 5.74) is -2.94. The molecule has 1 aromatic rings. The summed E-state index contributed by atoms with van der Waals surface area (Å²) < 4.78 is 44.6. The van der Waals surface area contributed by atoms with Crippen LogP contribution in [0.15, 0.2) is 22.7 Å². The van der Waals surface area contributed by atoms with Crippen LogP contribution < -0.4 is 29.6 Å². The van der Waals surface area contributed by atoms with Gasteiger partial charge in [-0.3, -0.25) is 0 Å². The zero-order chi connectivity index (χ0) is 10.9. The molecule has 1 aromatic carbocycles. The first-order valence-corrected chi connectivity index (χ1v) is 5.66. The number of benzene rings is 1. The third-order valence-electron chi connectivity index (χ3n) is 1.50. The Morgan fingerprint density at radius 3 is 2.47 bits per heavy atom. The minimum absolute atomic E-state index is 0. The Morgan fingerprint density at radius 1 is 1.47 bits per heavy atom. The number of aliphatic hydroxyl groups excluding tert-OH is 1. The van der Waals surface area contributed by atoms with Crippen LogP contribution in [0.1, 0.15) is 11.0 Å². The molecule has 78 valence electrons. The van der Waals surface area contributed by atoms with E-state index in [-0.39, 0.29) is 29.6 Å². The second-order valence-corrected chi connectivity index (χ2v) is 4.86.